The molecular weight excluding hydrogens is 298 g/mol. The fourth-order valence-electron chi connectivity index (χ4n) is 3.71. The van der Waals surface area contributed by atoms with Gasteiger partial charge in [0.05, 0.1) is 6.04 Å². The van der Waals surface area contributed by atoms with E-state index in [1.165, 1.54) is 16.8 Å². The maximum Gasteiger partial charge on any atom is 0.321 e. The first-order valence-corrected chi connectivity index (χ1v) is 8.59. The molecule has 2 amide bonds. The molecule has 0 aromatic heterocycles. The number of carbonyl (C=O) groups excluding carboxylic acids is 1. The van der Waals surface area contributed by atoms with Crippen molar-refractivity contribution < 1.29 is 4.79 Å². The molecule has 0 saturated carbocycles. The summed E-state index contributed by atoms with van der Waals surface area (Å²) in [5.41, 5.74) is 5.99. The number of rotatable bonds is 2. The normalized spacial score (nSPS) is 16.8. The molecule has 0 atom stereocenters. The van der Waals surface area contributed by atoms with Crippen LogP contribution in [0.15, 0.2) is 42.5 Å². The summed E-state index contributed by atoms with van der Waals surface area (Å²) in [5.74, 6) is 0. The lowest BCUT2D eigenvalue weighted by atomic mass is 10.1. The third-order valence-corrected chi connectivity index (χ3v) is 5.14. The van der Waals surface area contributed by atoms with Gasteiger partial charge >= 0.3 is 6.03 Å². The smallest absolute Gasteiger partial charge is 0.321 e. The first-order valence-electron chi connectivity index (χ1n) is 8.59. The van der Waals surface area contributed by atoms with Gasteiger partial charge in [0.1, 0.15) is 0 Å². The van der Waals surface area contributed by atoms with Crippen LogP contribution in [-0.2, 0) is 6.42 Å². The van der Waals surface area contributed by atoms with Gasteiger partial charge in [-0.15, -0.1) is 0 Å². The van der Waals surface area contributed by atoms with E-state index in [0.717, 1.165) is 37.3 Å². The Morgan fingerprint density at radius 2 is 1.92 bits per heavy atom. The van der Waals surface area contributed by atoms with Crippen LogP contribution in [0.5, 0.6) is 0 Å². The molecule has 124 valence electrons. The molecule has 2 aliphatic heterocycles. The molecule has 4 heteroatoms. The van der Waals surface area contributed by atoms with E-state index in [9.17, 15) is 4.79 Å². The van der Waals surface area contributed by atoms with Gasteiger partial charge in [-0.2, -0.15) is 0 Å². The monoisotopic (exact) mass is 321 g/mol. The quantitative estimate of drug-likeness (QED) is 0.917. The average Bonchev–Trinajstić information content (AvgIpc) is 2.93. The highest BCUT2D eigenvalue weighted by Crippen LogP contribution is 2.32. The number of para-hydroxylation sites is 1. The van der Waals surface area contributed by atoms with Gasteiger partial charge in [0.15, 0.2) is 0 Å². The zero-order chi connectivity index (χ0) is 16.7. The van der Waals surface area contributed by atoms with Gasteiger partial charge < -0.3 is 15.1 Å². The van der Waals surface area contributed by atoms with Crippen LogP contribution in [-0.4, -0.2) is 36.6 Å². The van der Waals surface area contributed by atoms with Crippen LogP contribution in [0.4, 0.5) is 16.2 Å². The average molecular weight is 321 g/mol. The van der Waals surface area contributed by atoms with Crippen molar-refractivity contribution in [3.63, 3.8) is 0 Å². The van der Waals surface area contributed by atoms with Crippen molar-refractivity contribution >= 4 is 17.4 Å². The van der Waals surface area contributed by atoms with Crippen LogP contribution in [0.3, 0.4) is 0 Å². The van der Waals surface area contributed by atoms with Crippen molar-refractivity contribution in [3.05, 3.63) is 59.2 Å². The molecule has 1 N–H and O–H groups in total. The number of fused-ring (bicyclic) bond motifs is 1. The molecule has 0 unspecified atom stereocenters. The lowest BCUT2D eigenvalue weighted by molar-refractivity contribution is 0.162. The summed E-state index contributed by atoms with van der Waals surface area (Å²) in [7, 11) is 0. The fourth-order valence-corrected chi connectivity index (χ4v) is 3.71. The molecule has 2 aliphatic rings. The Morgan fingerprint density at radius 3 is 2.71 bits per heavy atom. The number of carbonyl (C=O) groups is 1. The molecule has 0 aliphatic carbocycles. The van der Waals surface area contributed by atoms with Gasteiger partial charge in [0.25, 0.3) is 0 Å². The Hall–Kier alpha value is -2.49. The number of hydrogen-bond donors (Lipinski definition) is 1. The Kier molecular flexibility index (Phi) is 3.68. The number of amides is 2. The van der Waals surface area contributed by atoms with E-state index >= 15 is 0 Å². The molecule has 2 aromatic carbocycles. The maximum atomic E-state index is 12.4. The highest BCUT2D eigenvalue weighted by molar-refractivity contribution is 5.91. The van der Waals surface area contributed by atoms with Crippen molar-refractivity contribution in [2.24, 2.45) is 0 Å². The van der Waals surface area contributed by atoms with Gasteiger partial charge in [-0.3, -0.25) is 0 Å². The second-order valence-electron chi connectivity index (χ2n) is 6.88. The molecule has 24 heavy (non-hydrogen) atoms. The Morgan fingerprint density at radius 1 is 1.12 bits per heavy atom. The van der Waals surface area contributed by atoms with Gasteiger partial charge in [0, 0.05) is 31.0 Å². The van der Waals surface area contributed by atoms with Crippen LogP contribution in [0, 0.1) is 13.8 Å². The predicted octanol–water partition coefficient (Wildman–Crippen LogP) is 3.58. The van der Waals surface area contributed by atoms with E-state index in [1.807, 2.05) is 24.0 Å². The maximum absolute atomic E-state index is 12.4. The van der Waals surface area contributed by atoms with E-state index in [-0.39, 0.29) is 6.03 Å². The second kappa shape index (κ2) is 5.86. The van der Waals surface area contributed by atoms with Crippen LogP contribution in [0.1, 0.15) is 16.7 Å². The van der Waals surface area contributed by atoms with Crippen molar-refractivity contribution in [2.45, 2.75) is 26.3 Å². The van der Waals surface area contributed by atoms with Crippen molar-refractivity contribution in [1.29, 1.82) is 0 Å². The van der Waals surface area contributed by atoms with E-state index in [4.69, 9.17) is 0 Å². The summed E-state index contributed by atoms with van der Waals surface area (Å²) in [4.78, 5) is 16.8. The van der Waals surface area contributed by atoms with E-state index < -0.39 is 0 Å². The van der Waals surface area contributed by atoms with Gasteiger partial charge in [-0.1, -0.05) is 35.9 Å². The largest absolute Gasteiger partial charge is 0.364 e. The fraction of sp³-hybridized carbons (Fsp3) is 0.350. The molecule has 0 spiro atoms. The Balaban J connectivity index is 1.37. The zero-order valence-electron chi connectivity index (χ0n) is 14.2. The molecule has 1 fully saturated rings. The number of hydrogen-bond acceptors (Lipinski definition) is 2. The standard InChI is InChI=1S/C20H23N3O/c1-14-7-8-18(15(2)11-14)21-20(24)22-12-17(13-22)23-10-9-16-5-3-4-6-19(16)23/h3-8,11,17H,9-10,12-13H2,1-2H3,(H,21,24). The topological polar surface area (TPSA) is 35.6 Å². The third-order valence-electron chi connectivity index (χ3n) is 5.14. The van der Waals surface area contributed by atoms with Crippen LogP contribution in [0.2, 0.25) is 0 Å². The zero-order valence-corrected chi connectivity index (χ0v) is 14.2. The number of urea groups is 1. The minimum Gasteiger partial charge on any atom is -0.364 e. The third kappa shape index (κ3) is 2.62. The Bertz CT molecular complexity index is 780. The number of nitrogens with one attached hydrogen (secondary N) is 1. The lowest BCUT2D eigenvalue weighted by Gasteiger charge is -2.45. The summed E-state index contributed by atoms with van der Waals surface area (Å²) >= 11 is 0. The van der Waals surface area contributed by atoms with Crippen molar-refractivity contribution in [1.82, 2.24) is 4.90 Å². The van der Waals surface area contributed by atoms with Crippen LogP contribution >= 0.6 is 0 Å². The Labute approximate surface area is 143 Å². The summed E-state index contributed by atoms with van der Waals surface area (Å²) in [6.45, 7) is 6.75. The van der Waals surface area contributed by atoms with E-state index in [0.29, 0.717) is 6.04 Å². The van der Waals surface area contributed by atoms with Crippen molar-refractivity contribution in [2.75, 3.05) is 29.9 Å². The highest BCUT2D eigenvalue weighted by Gasteiger charge is 2.37. The SMILES string of the molecule is Cc1ccc(NC(=O)N2CC(N3CCc4ccccc43)C2)c(C)c1. The van der Waals surface area contributed by atoms with Crippen LogP contribution < -0.4 is 10.2 Å². The highest BCUT2D eigenvalue weighted by atomic mass is 16.2. The molecular formula is C20H23N3O. The molecule has 1 saturated heterocycles. The number of nitrogens with zero attached hydrogens (tertiary/aromatic N) is 2. The molecule has 4 nitrogen and oxygen atoms in total. The summed E-state index contributed by atoms with van der Waals surface area (Å²) in [6, 6.07) is 15.2. The minimum atomic E-state index is 0.00526. The summed E-state index contributed by atoms with van der Waals surface area (Å²) < 4.78 is 0. The van der Waals surface area contributed by atoms with Gasteiger partial charge in [-0.25, -0.2) is 4.79 Å². The first kappa shape index (κ1) is 15.1. The second-order valence-corrected chi connectivity index (χ2v) is 6.88. The van der Waals surface area contributed by atoms with E-state index in [1.54, 1.807) is 0 Å². The molecule has 0 bridgehead atoms. The molecule has 4 rings (SSSR count). The van der Waals surface area contributed by atoms with Gasteiger partial charge in [-0.05, 0) is 43.5 Å². The predicted molar refractivity (Wildman–Crippen MR) is 97.8 cm³/mol. The summed E-state index contributed by atoms with van der Waals surface area (Å²) in [5, 5.41) is 3.04. The molecule has 2 aromatic rings. The minimum absolute atomic E-state index is 0.00526. The lowest BCUT2D eigenvalue weighted by Crippen LogP contribution is -2.61. The number of benzene rings is 2. The molecule has 2 heterocycles. The first-order chi connectivity index (χ1) is 11.6. The van der Waals surface area contributed by atoms with Gasteiger partial charge in [0.2, 0.25) is 0 Å². The number of likely N-dealkylation sites (tertiary alicyclic amines) is 1. The number of anilines is 2. The van der Waals surface area contributed by atoms with E-state index in [2.05, 4.69) is 47.5 Å². The molecule has 0 radical (unpaired) electrons. The summed E-state index contributed by atoms with van der Waals surface area (Å²) in [6.07, 6.45) is 1.11. The van der Waals surface area contributed by atoms with Crippen molar-refractivity contribution in [3.8, 4) is 0 Å². The van der Waals surface area contributed by atoms with Crippen LogP contribution in [0.25, 0.3) is 0 Å². The number of aryl methyl sites for hydroxylation is 2.